The lowest BCUT2D eigenvalue weighted by Gasteiger charge is -2.36. The Labute approximate surface area is 295 Å². The van der Waals surface area contributed by atoms with Crippen molar-refractivity contribution in [3.63, 3.8) is 0 Å². The van der Waals surface area contributed by atoms with E-state index in [0.29, 0.717) is 49.2 Å². The van der Waals surface area contributed by atoms with E-state index in [1.807, 2.05) is 18.2 Å². The number of benzene rings is 2. The number of pyridine rings is 2. The van der Waals surface area contributed by atoms with E-state index in [4.69, 9.17) is 4.74 Å². The quantitative estimate of drug-likeness (QED) is 0.171. The van der Waals surface area contributed by atoms with Crippen LogP contribution in [0.3, 0.4) is 0 Å². The Morgan fingerprint density at radius 1 is 0.843 bits per heavy atom. The van der Waals surface area contributed by atoms with Crippen LogP contribution in [0.2, 0.25) is 0 Å². The molecule has 0 radical (unpaired) electrons. The van der Waals surface area contributed by atoms with Crippen LogP contribution in [0.25, 0.3) is 16.8 Å². The molecule has 3 aromatic heterocycles. The summed E-state index contributed by atoms with van der Waals surface area (Å²) in [7, 11) is 0. The lowest BCUT2D eigenvalue weighted by atomic mass is 9.91. The molecule has 10 nitrogen and oxygen atoms in total. The zero-order valence-electron chi connectivity index (χ0n) is 28.6. The van der Waals surface area contributed by atoms with Gasteiger partial charge in [0, 0.05) is 56.2 Å². The lowest BCUT2D eigenvalue weighted by Crippen LogP contribution is -2.53. The first-order chi connectivity index (χ1) is 24.6. The van der Waals surface area contributed by atoms with Crippen LogP contribution in [0.15, 0.2) is 85.3 Å². The average Bonchev–Trinajstić information content (AvgIpc) is 3.53. The van der Waals surface area contributed by atoms with Gasteiger partial charge in [0.05, 0.1) is 6.20 Å². The Balaban J connectivity index is 0.949. The number of halogens is 2. The van der Waals surface area contributed by atoms with Crippen LogP contribution in [0.1, 0.15) is 65.9 Å². The fourth-order valence-corrected chi connectivity index (χ4v) is 7.13. The van der Waals surface area contributed by atoms with Gasteiger partial charge in [-0.05, 0) is 86.6 Å². The first-order valence-electron chi connectivity index (χ1n) is 17.4. The molecule has 2 aliphatic rings. The van der Waals surface area contributed by atoms with Gasteiger partial charge in [0.1, 0.15) is 34.3 Å². The third kappa shape index (κ3) is 8.41. The number of hydrogen-bond acceptors (Lipinski definition) is 7. The molecule has 5 aromatic rings. The highest BCUT2D eigenvalue weighted by Gasteiger charge is 2.27. The normalized spacial score (nSPS) is 20.9. The first kappa shape index (κ1) is 34.3. The molecule has 7 rings (SSSR count). The number of fused-ring (bicyclic) bond motifs is 1. The van der Waals surface area contributed by atoms with Crippen molar-refractivity contribution in [1.82, 2.24) is 35.2 Å². The SMILES string of the molecule is C[C@@H]1CN(Cc2ccc(-c3cccc(Oc4ncc(F)cc4C(=O)N[C@H]4CC[C@H](NC(=O)c5cn6cc(F)ccc6n5)CC4)c3)cc2)C[C@H](C)N1. The minimum atomic E-state index is -0.646. The predicted octanol–water partition coefficient (Wildman–Crippen LogP) is 6.12. The number of carbonyl (C=O) groups is 2. The summed E-state index contributed by atoms with van der Waals surface area (Å²) in [6.07, 6.45) is 6.28. The number of piperazine rings is 1. The van der Waals surface area contributed by atoms with E-state index >= 15 is 0 Å². The molecular formula is C39H41F2N7O3. The number of rotatable bonds is 9. The summed E-state index contributed by atoms with van der Waals surface area (Å²) >= 11 is 0. The summed E-state index contributed by atoms with van der Waals surface area (Å²) in [5.74, 6) is -1.41. The monoisotopic (exact) mass is 693 g/mol. The van der Waals surface area contributed by atoms with Crippen LogP contribution in [-0.2, 0) is 6.54 Å². The Kier molecular flexibility index (Phi) is 10.0. The zero-order valence-corrected chi connectivity index (χ0v) is 28.6. The predicted molar refractivity (Wildman–Crippen MR) is 190 cm³/mol. The first-order valence-corrected chi connectivity index (χ1v) is 17.4. The maximum absolute atomic E-state index is 14.4. The number of nitrogens with zero attached hydrogens (tertiary/aromatic N) is 4. The highest BCUT2D eigenvalue weighted by atomic mass is 19.1. The van der Waals surface area contributed by atoms with Crippen molar-refractivity contribution in [3.05, 3.63) is 114 Å². The summed E-state index contributed by atoms with van der Waals surface area (Å²) in [6, 6.07) is 20.6. The summed E-state index contributed by atoms with van der Waals surface area (Å²) in [5, 5.41) is 9.56. The molecule has 2 amide bonds. The molecular weight excluding hydrogens is 652 g/mol. The van der Waals surface area contributed by atoms with Gasteiger partial charge >= 0.3 is 0 Å². The van der Waals surface area contributed by atoms with E-state index in [-0.39, 0.29) is 35.1 Å². The highest BCUT2D eigenvalue weighted by Crippen LogP contribution is 2.30. The number of hydrogen-bond donors (Lipinski definition) is 3. The van der Waals surface area contributed by atoms with Gasteiger partial charge in [-0.3, -0.25) is 14.5 Å². The molecule has 0 spiro atoms. The Hall–Kier alpha value is -5.20. The molecule has 0 bridgehead atoms. The van der Waals surface area contributed by atoms with E-state index in [9.17, 15) is 18.4 Å². The molecule has 12 heteroatoms. The smallest absolute Gasteiger partial charge is 0.271 e. The molecule has 264 valence electrons. The average molecular weight is 694 g/mol. The molecule has 4 heterocycles. The van der Waals surface area contributed by atoms with Crippen molar-refractivity contribution in [2.45, 2.75) is 70.2 Å². The Morgan fingerprint density at radius 3 is 2.27 bits per heavy atom. The van der Waals surface area contributed by atoms with Gasteiger partial charge in [0.25, 0.3) is 11.8 Å². The van der Waals surface area contributed by atoms with Crippen LogP contribution < -0.4 is 20.7 Å². The molecule has 1 saturated heterocycles. The van der Waals surface area contributed by atoms with Crippen LogP contribution in [0, 0.1) is 11.6 Å². The molecule has 3 N–H and O–H groups in total. The largest absolute Gasteiger partial charge is 0.438 e. The lowest BCUT2D eigenvalue weighted by molar-refractivity contribution is 0.0888. The molecule has 1 aliphatic heterocycles. The Morgan fingerprint density at radius 2 is 1.55 bits per heavy atom. The van der Waals surface area contributed by atoms with Gasteiger partial charge in [-0.15, -0.1) is 0 Å². The molecule has 51 heavy (non-hydrogen) atoms. The Bertz CT molecular complexity index is 2020. The van der Waals surface area contributed by atoms with Crippen molar-refractivity contribution in [2.75, 3.05) is 13.1 Å². The number of nitrogens with one attached hydrogen (secondary N) is 3. The third-order valence-electron chi connectivity index (χ3n) is 9.48. The number of ether oxygens (including phenoxy) is 1. The van der Waals surface area contributed by atoms with Crippen molar-refractivity contribution in [2.24, 2.45) is 0 Å². The van der Waals surface area contributed by atoms with Crippen molar-refractivity contribution in [1.29, 1.82) is 0 Å². The number of aromatic nitrogens is 3. The van der Waals surface area contributed by atoms with Gasteiger partial charge < -0.3 is 25.1 Å². The molecule has 2 fully saturated rings. The summed E-state index contributed by atoms with van der Waals surface area (Å²) in [6.45, 7) is 7.35. The minimum absolute atomic E-state index is 0.0000155. The molecule has 1 aliphatic carbocycles. The van der Waals surface area contributed by atoms with Crippen molar-refractivity contribution in [3.8, 4) is 22.8 Å². The molecule has 2 aromatic carbocycles. The van der Waals surface area contributed by atoms with Crippen LogP contribution in [0.5, 0.6) is 11.6 Å². The van der Waals surface area contributed by atoms with Crippen LogP contribution in [-0.4, -0.2) is 68.3 Å². The van der Waals surface area contributed by atoms with Gasteiger partial charge in [-0.1, -0.05) is 36.4 Å². The van der Waals surface area contributed by atoms with Gasteiger partial charge in [-0.25, -0.2) is 18.7 Å². The second kappa shape index (κ2) is 15.0. The van der Waals surface area contributed by atoms with E-state index in [0.717, 1.165) is 43.0 Å². The number of carbonyl (C=O) groups excluding carboxylic acids is 2. The second-order valence-corrected chi connectivity index (χ2v) is 13.7. The van der Waals surface area contributed by atoms with E-state index in [1.54, 1.807) is 6.07 Å². The minimum Gasteiger partial charge on any atom is -0.438 e. The van der Waals surface area contributed by atoms with E-state index < -0.39 is 17.5 Å². The zero-order chi connectivity index (χ0) is 35.5. The summed E-state index contributed by atoms with van der Waals surface area (Å²) in [4.78, 5) is 37.1. The highest BCUT2D eigenvalue weighted by molar-refractivity contribution is 5.96. The van der Waals surface area contributed by atoms with Crippen LogP contribution >= 0.6 is 0 Å². The maximum atomic E-state index is 14.4. The molecule has 1 saturated carbocycles. The topological polar surface area (TPSA) is 113 Å². The third-order valence-corrected chi connectivity index (χ3v) is 9.48. The summed E-state index contributed by atoms with van der Waals surface area (Å²) in [5.41, 5.74) is 3.90. The number of imidazole rings is 1. The van der Waals surface area contributed by atoms with E-state index in [2.05, 4.69) is 68.9 Å². The van der Waals surface area contributed by atoms with Crippen molar-refractivity contribution < 1.29 is 23.1 Å². The fraction of sp³-hybridized carbons (Fsp3) is 0.333. The molecule has 2 atom stereocenters. The van der Waals surface area contributed by atoms with Crippen molar-refractivity contribution >= 4 is 17.5 Å². The maximum Gasteiger partial charge on any atom is 0.271 e. The fourth-order valence-electron chi connectivity index (χ4n) is 7.13. The standard InChI is InChI=1S/C39H41F2N7O3/c1-24-19-47(20-25(2)43-24)21-26-6-8-27(9-7-26)28-4-3-5-33(16-28)51-39-34(17-30(41)18-42-39)37(49)44-31-11-13-32(14-12-31)45-38(50)35-23-48-22-29(40)10-15-36(48)46-35/h3-10,15-18,22-25,31-32,43H,11-14,19-21H2,1-2H3,(H,44,49)(H,45,50)/t24-,25+,31-,32-. The van der Waals surface area contributed by atoms with Gasteiger partial charge in [0.15, 0.2) is 0 Å². The number of amides is 2. The second-order valence-electron chi connectivity index (χ2n) is 13.7. The summed E-state index contributed by atoms with van der Waals surface area (Å²) < 4.78 is 35.5. The molecule has 0 unspecified atom stereocenters. The van der Waals surface area contributed by atoms with Crippen LogP contribution in [0.4, 0.5) is 8.78 Å². The van der Waals surface area contributed by atoms with Gasteiger partial charge in [-0.2, -0.15) is 0 Å². The van der Waals surface area contributed by atoms with Gasteiger partial charge in [0.2, 0.25) is 5.88 Å². The van der Waals surface area contributed by atoms with E-state index in [1.165, 1.54) is 34.5 Å².